The van der Waals surface area contributed by atoms with Crippen LogP contribution in [0.1, 0.15) is 44.2 Å². The lowest BCUT2D eigenvalue weighted by atomic mass is 9.83. The molecule has 2 saturated heterocycles. The fourth-order valence-corrected chi connectivity index (χ4v) is 5.69. The van der Waals surface area contributed by atoms with Crippen molar-refractivity contribution in [2.45, 2.75) is 44.8 Å². The second-order valence-corrected chi connectivity index (χ2v) is 10.6. The molecule has 2 aromatic rings. The molecule has 2 amide bonds. The topological polar surface area (TPSA) is 96.4 Å². The van der Waals surface area contributed by atoms with Crippen LogP contribution in [0.25, 0.3) is 11.1 Å². The van der Waals surface area contributed by atoms with Crippen LogP contribution in [0, 0.1) is 5.41 Å². The van der Waals surface area contributed by atoms with E-state index in [0.717, 1.165) is 22.3 Å². The number of ether oxygens (including phenoxy) is 2. The van der Waals surface area contributed by atoms with Crippen LogP contribution in [-0.4, -0.2) is 70.9 Å². The van der Waals surface area contributed by atoms with Crippen molar-refractivity contribution in [1.29, 1.82) is 0 Å². The van der Waals surface area contributed by atoms with E-state index in [0.29, 0.717) is 0 Å². The molecule has 2 aromatic carbocycles. The summed E-state index contributed by atoms with van der Waals surface area (Å²) in [6.07, 6.45) is -0.856. The molecule has 2 aliphatic heterocycles. The average Bonchev–Trinajstić information content (AvgIpc) is 3.45. The Kier molecular flexibility index (Phi) is 5.49. The fraction of sp³-hybridized carbons (Fsp3) is 0.444. The molecule has 8 nitrogen and oxygen atoms in total. The zero-order valence-electron chi connectivity index (χ0n) is 20.2. The van der Waals surface area contributed by atoms with Crippen molar-refractivity contribution in [3.8, 4) is 11.1 Å². The number of nitrogens with zero attached hydrogens (tertiary/aromatic N) is 2. The van der Waals surface area contributed by atoms with Crippen LogP contribution >= 0.6 is 0 Å². The molecule has 2 atom stereocenters. The van der Waals surface area contributed by atoms with Crippen molar-refractivity contribution in [3.63, 3.8) is 0 Å². The predicted octanol–water partition coefficient (Wildman–Crippen LogP) is 4.33. The maximum Gasteiger partial charge on any atom is 0.410 e. The van der Waals surface area contributed by atoms with Crippen molar-refractivity contribution in [2.24, 2.45) is 5.41 Å². The Morgan fingerprint density at radius 1 is 1.00 bits per heavy atom. The predicted molar refractivity (Wildman–Crippen MR) is 128 cm³/mol. The van der Waals surface area contributed by atoms with Gasteiger partial charge in [0.1, 0.15) is 17.6 Å². The third-order valence-electron chi connectivity index (χ3n) is 7.33. The van der Waals surface area contributed by atoms with Gasteiger partial charge in [-0.3, -0.25) is 4.79 Å². The smallest absolute Gasteiger partial charge is 0.410 e. The first-order valence-corrected chi connectivity index (χ1v) is 11.9. The molecule has 1 aliphatic carbocycles. The number of hydrogen-bond donors (Lipinski definition) is 1. The van der Waals surface area contributed by atoms with Gasteiger partial charge in [0.15, 0.2) is 0 Å². The third kappa shape index (κ3) is 3.90. The number of amides is 2. The van der Waals surface area contributed by atoms with Crippen molar-refractivity contribution in [1.82, 2.24) is 9.80 Å². The standard InChI is InChI=1S/C27H30N2O6/c1-26(2,3)35-25(33)29-13-12-27(23(30)31)16-28(14-22(27)29)24(32)34-15-21-19-10-6-4-8-17(19)18-9-5-7-11-20(18)21/h4-11,21-22H,12-16H2,1-3H3,(H,30,31)/t22-,27-/m0/s1. The Bertz CT molecular complexity index is 1140. The lowest BCUT2D eigenvalue weighted by Crippen LogP contribution is -2.47. The van der Waals surface area contributed by atoms with E-state index in [-0.39, 0.29) is 38.6 Å². The van der Waals surface area contributed by atoms with Gasteiger partial charge in [-0.15, -0.1) is 0 Å². The van der Waals surface area contributed by atoms with E-state index in [1.165, 1.54) is 9.80 Å². The second-order valence-electron chi connectivity index (χ2n) is 10.6. The average molecular weight is 479 g/mol. The van der Waals surface area contributed by atoms with Gasteiger partial charge < -0.3 is 24.4 Å². The van der Waals surface area contributed by atoms with Crippen LogP contribution in [0.15, 0.2) is 48.5 Å². The normalized spacial score (nSPS) is 23.0. The molecule has 1 N–H and O–H groups in total. The number of hydrogen-bond acceptors (Lipinski definition) is 5. The fourth-order valence-electron chi connectivity index (χ4n) is 5.69. The Balaban J connectivity index is 1.31. The first-order valence-electron chi connectivity index (χ1n) is 11.9. The number of carboxylic acid groups (broad SMARTS) is 1. The van der Waals surface area contributed by atoms with Gasteiger partial charge in [0.05, 0.1) is 6.04 Å². The maximum atomic E-state index is 13.1. The highest BCUT2D eigenvalue weighted by Gasteiger charge is 2.61. The van der Waals surface area contributed by atoms with Gasteiger partial charge in [0, 0.05) is 25.6 Å². The number of benzene rings is 2. The molecule has 5 rings (SSSR count). The minimum absolute atomic E-state index is 0.00295. The Hall–Kier alpha value is -3.55. The molecule has 0 spiro atoms. The van der Waals surface area contributed by atoms with E-state index in [4.69, 9.17) is 9.47 Å². The van der Waals surface area contributed by atoms with Gasteiger partial charge in [-0.25, -0.2) is 9.59 Å². The van der Waals surface area contributed by atoms with E-state index in [9.17, 15) is 19.5 Å². The summed E-state index contributed by atoms with van der Waals surface area (Å²) in [6, 6.07) is 15.5. The molecule has 3 aliphatic rings. The van der Waals surface area contributed by atoms with E-state index >= 15 is 0 Å². The largest absolute Gasteiger partial charge is 0.481 e. The summed E-state index contributed by atoms with van der Waals surface area (Å²) in [5, 5.41) is 10.1. The highest BCUT2D eigenvalue weighted by molar-refractivity contribution is 5.82. The summed E-state index contributed by atoms with van der Waals surface area (Å²) in [5.41, 5.74) is 2.57. The van der Waals surface area contributed by atoms with Crippen molar-refractivity contribution in [2.75, 3.05) is 26.2 Å². The van der Waals surface area contributed by atoms with Crippen molar-refractivity contribution in [3.05, 3.63) is 59.7 Å². The Morgan fingerprint density at radius 3 is 2.17 bits per heavy atom. The molecule has 0 unspecified atom stereocenters. The maximum absolute atomic E-state index is 13.1. The number of carbonyl (C=O) groups is 3. The van der Waals surface area contributed by atoms with Crippen LogP contribution < -0.4 is 0 Å². The van der Waals surface area contributed by atoms with Crippen LogP contribution in [0.2, 0.25) is 0 Å². The van der Waals surface area contributed by atoms with Crippen LogP contribution in [-0.2, 0) is 14.3 Å². The molecule has 184 valence electrons. The number of fused-ring (bicyclic) bond motifs is 4. The van der Waals surface area contributed by atoms with E-state index in [2.05, 4.69) is 12.1 Å². The number of carbonyl (C=O) groups excluding carboxylic acids is 2. The number of likely N-dealkylation sites (tertiary alicyclic amines) is 2. The highest BCUT2D eigenvalue weighted by Crippen LogP contribution is 2.46. The molecule has 0 saturated carbocycles. The number of rotatable bonds is 3. The number of carboxylic acids is 1. The van der Waals surface area contributed by atoms with Gasteiger partial charge in [0.2, 0.25) is 0 Å². The summed E-state index contributed by atoms with van der Waals surface area (Å²) in [6.45, 7) is 5.84. The van der Waals surface area contributed by atoms with Gasteiger partial charge in [0.25, 0.3) is 0 Å². The Morgan fingerprint density at radius 2 is 1.60 bits per heavy atom. The number of aliphatic carboxylic acids is 1. The minimum atomic E-state index is -1.22. The van der Waals surface area contributed by atoms with E-state index in [1.807, 2.05) is 36.4 Å². The first kappa shape index (κ1) is 23.2. The lowest BCUT2D eigenvalue weighted by Gasteiger charge is -2.30. The zero-order valence-corrected chi connectivity index (χ0v) is 20.2. The zero-order chi connectivity index (χ0) is 25.0. The summed E-state index contributed by atoms with van der Waals surface area (Å²) in [4.78, 5) is 41.0. The van der Waals surface area contributed by atoms with Gasteiger partial charge in [-0.1, -0.05) is 48.5 Å². The van der Waals surface area contributed by atoms with Gasteiger partial charge in [-0.05, 0) is 49.4 Å². The quantitative estimate of drug-likeness (QED) is 0.705. The molecule has 2 heterocycles. The summed E-state index contributed by atoms with van der Waals surface area (Å²) in [5.74, 6) is -1.09. The SMILES string of the molecule is CC(C)(C)OC(=O)N1CC[C@]2(C(=O)O)CN(C(=O)OCC3c4ccccc4-c4ccccc43)C[C@H]12. The van der Waals surface area contributed by atoms with Crippen LogP contribution in [0.5, 0.6) is 0 Å². The van der Waals surface area contributed by atoms with E-state index < -0.39 is 35.2 Å². The molecule has 8 heteroatoms. The summed E-state index contributed by atoms with van der Waals surface area (Å²) < 4.78 is 11.2. The summed E-state index contributed by atoms with van der Waals surface area (Å²) >= 11 is 0. The molecule has 35 heavy (non-hydrogen) atoms. The second kappa shape index (κ2) is 8.29. The highest BCUT2D eigenvalue weighted by atomic mass is 16.6. The molecular formula is C27H30N2O6. The first-order chi connectivity index (χ1) is 16.6. The lowest BCUT2D eigenvalue weighted by molar-refractivity contribution is -0.148. The minimum Gasteiger partial charge on any atom is -0.481 e. The van der Waals surface area contributed by atoms with Crippen LogP contribution in [0.4, 0.5) is 9.59 Å². The molecule has 2 fully saturated rings. The monoisotopic (exact) mass is 478 g/mol. The molecule has 0 bridgehead atoms. The summed E-state index contributed by atoms with van der Waals surface area (Å²) in [7, 11) is 0. The molecule has 0 aromatic heterocycles. The van der Waals surface area contributed by atoms with Gasteiger partial charge in [-0.2, -0.15) is 0 Å². The Labute approximate surface area is 204 Å². The van der Waals surface area contributed by atoms with Gasteiger partial charge >= 0.3 is 18.2 Å². The molecular weight excluding hydrogens is 448 g/mol. The van der Waals surface area contributed by atoms with Crippen molar-refractivity contribution >= 4 is 18.2 Å². The third-order valence-corrected chi connectivity index (χ3v) is 7.33. The molecule has 0 radical (unpaired) electrons. The van der Waals surface area contributed by atoms with Crippen molar-refractivity contribution < 1.29 is 29.0 Å². The van der Waals surface area contributed by atoms with Crippen LogP contribution in [0.3, 0.4) is 0 Å². The van der Waals surface area contributed by atoms with E-state index in [1.54, 1.807) is 20.8 Å².